The summed E-state index contributed by atoms with van der Waals surface area (Å²) in [6, 6.07) is 7.72. The van der Waals surface area contributed by atoms with E-state index in [-0.39, 0.29) is 6.10 Å². The molecule has 16 heavy (non-hydrogen) atoms. The van der Waals surface area contributed by atoms with E-state index >= 15 is 0 Å². The van der Waals surface area contributed by atoms with Crippen LogP contribution in [0.5, 0.6) is 0 Å². The predicted octanol–water partition coefficient (Wildman–Crippen LogP) is 2.55. The van der Waals surface area contributed by atoms with Gasteiger partial charge in [0.25, 0.3) is 0 Å². The van der Waals surface area contributed by atoms with Gasteiger partial charge >= 0.3 is 0 Å². The van der Waals surface area contributed by atoms with Crippen molar-refractivity contribution in [2.75, 3.05) is 13.1 Å². The number of rotatable bonds is 4. The molecule has 4 heteroatoms. The van der Waals surface area contributed by atoms with Gasteiger partial charge in [0.15, 0.2) is 5.90 Å². The maximum Gasteiger partial charge on any atom is 0.184 e. The number of aliphatic imine (C=N–C) groups is 1. The van der Waals surface area contributed by atoms with Crippen LogP contribution in [0, 0.1) is 0 Å². The van der Waals surface area contributed by atoms with Crippen molar-refractivity contribution in [1.29, 1.82) is 0 Å². The first kappa shape index (κ1) is 11.4. The third-order valence-corrected chi connectivity index (χ3v) is 2.76. The zero-order valence-electron chi connectivity index (χ0n) is 9.03. The lowest BCUT2D eigenvalue weighted by Crippen LogP contribution is -2.07. The molecule has 2 rings (SSSR count). The van der Waals surface area contributed by atoms with Gasteiger partial charge in [-0.05, 0) is 30.7 Å². The van der Waals surface area contributed by atoms with Gasteiger partial charge in [0.2, 0.25) is 0 Å². The van der Waals surface area contributed by atoms with Gasteiger partial charge in [-0.2, -0.15) is 0 Å². The topological polar surface area (TPSA) is 47.6 Å². The largest absolute Gasteiger partial charge is 0.471 e. The number of hydrogen-bond donors (Lipinski definition) is 1. The Bertz CT molecular complexity index is 392. The van der Waals surface area contributed by atoms with E-state index in [1.165, 1.54) is 0 Å². The fraction of sp³-hybridized carbons (Fsp3) is 0.417. The fourth-order valence-corrected chi connectivity index (χ4v) is 1.89. The smallest absolute Gasteiger partial charge is 0.184 e. The van der Waals surface area contributed by atoms with Crippen LogP contribution in [0.25, 0.3) is 0 Å². The second-order valence-electron chi connectivity index (χ2n) is 3.79. The number of benzene rings is 1. The summed E-state index contributed by atoms with van der Waals surface area (Å²) in [5.74, 6) is 0.815. The second-order valence-corrected chi connectivity index (χ2v) is 4.22. The minimum absolute atomic E-state index is 0.0199. The number of ether oxygens (including phenoxy) is 1. The summed E-state index contributed by atoms with van der Waals surface area (Å²) in [7, 11) is 0. The van der Waals surface area contributed by atoms with Crippen LogP contribution in [0.15, 0.2) is 29.3 Å². The van der Waals surface area contributed by atoms with Crippen molar-refractivity contribution in [3.63, 3.8) is 0 Å². The Labute approximate surface area is 100 Å². The summed E-state index contributed by atoms with van der Waals surface area (Å²) >= 11 is 5.93. The maximum absolute atomic E-state index is 5.93. The summed E-state index contributed by atoms with van der Waals surface area (Å²) in [5.41, 5.74) is 6.53. The monoisotopic (exact) mass is 238 g/mol. The summed E-state index contributed by atoms with van der Waals surface area (Å²) in [5, 5.41) is 0.733. The Kier molecular flexibility index (Phi) is 3.80. The molecule has 1 aliphatic heterocycles. The highest BCUT2D eigenvalue weighted by Crippen LogP contribution is 2.26. The van der Waals surface area contributed by atoms with E-state index in [2.05, 4.69) is 4.99 Å². The number of hydrogen-bond acceptors (Lipinski definition) is 3. The zero-order chi connectivity index (χ0) is 11.4. The normalized spacial score (nSPS) is 19.4. The summed E-state index contributed by atoms with van der Waals surface area (Å²) in [6.45, 7) is 1.35. The van der Waals surface area contributed by atoms with Gasteiger partial charge in [-0.1, -0.05) is 23.7 Å². The molecule has 1 unspecified atom stereocenters. The molecular formula is C12H15ClN2O. The molecule has 1 aliphatic rings. The molecule has 1 aromatic rings. The van der Waals surface area contributed by atoms with E-state index < -0.39 is 0 Å². The first-order valence-electron chi connectivity index (χ1n) is 5.45. The van der Waals surface area contributed by atoms with Crippen LogP contribution in [0.4, 0.5) is 0 Å². The quantitative estimate of drug-likeness (QED) is 0.876. The molecule has 0 amide bonds. The fourth-order valence-electron chi connectivity index (χ4n) is 1.70. The lowest BCUT2D eigenvalue weighted by Gasteiger charge is -2.11. The van der Waals surface area contributed by atoms with Crippen molar-refractivity contribution in [2.24, 2.45) is 10.7 Å². The Morgan fingerprint density at radius 2 is 2.38 bits per heavy atom. The number of halogens is 1. The van der Waals surface area contributed by atoms with Gasteiger partial charge in [-0.15, -0.1) is 0 Å². The molecule has 0 saturated carbocycles. The Morgan fingerprint density at radius 3 is 3.12 bits per heavy atom. The van der Waals surface area contributed by atoms with E-state index in [1.54, 1.807) is 0 Å². The van der Waals surface area contributed by atoms with E-state index in [0.717, 1.165) is 29.3 Å². The van der Waals surface area contributed by atoms with Crippen LogP contribution in [-0.4, -0.2) is 19.0 Å². The average molecular weight is 239 g/mol. The highest BCUT2D eigenvalue weighted by molar-refractivity contribution is 6.30. The lowest BCUT2D eigenvalue weighted by molar-refractivity contribution is 0.223. The summed E-state index contributed by atoms with van der Waals surface area (Å²) in [6.07, 6.45) is 1.76. The zero-order valence-corrected chi connectivity index (χ0v) is 9.78. The van der Waals surface area contributed by atoms with Crippen LogP contribution in [-0.2, 0) is 4.74 Å². The van der Waals surface area contributed by atoms with Gasteiger partial charge in [-0.3, -0.25) is 4.99 Å². The number of nitrogens with two attached hydrogens (primary N) is 1. The summed E-state index contributed by atoms with van der Waals surface area (Å²) in [4.78, 5) is 4.36. The third kappa shape index (κ3) is 2.74. The minimum atomic E-state index is 0.0199. The van der Waals surface area contributed by atoms with Crippen LogP contribution in [0.1, 0.15) is 24.5 Å². The second kappa shape index (κ2) is 5.32. The number of nitrogens with zero attached hydrogens (tertiary/aromatic N) is 1. The highest BCUT2D eigenvalue weighted by Gasteiger charge is 2.20. The average Bonchev–Trinajstić information content (AvgIpc) is 2.75. The molecular weight excluding hydrogens is 224 g/mol. The molecule has 0 bridgehead atoms. The van der Waals surface area contributed by atoms with E-state index in [0.29, 0.717) is 13.1 Å². The highest BCUT2D eigenvalue weighted by atomic mass is 35.5. The molecule has 0 spiro atoms. The van der Waals surface area contributed by atoms with Crippen LogP contribution >= 0.6 is 11.6 Å². The molecule has 1 heterocycles. The molecule has 3 nitrogen and oxygen atoms in total. The lowest BCUT2D eigenvalue weighted by atomic mass is 10.1. The SMILES string of the molecule is NCCCC1=NCC(c2cccc(Cl)c2)O1. The summed E-state index contributed by atoms with van der Waals surface area (Å²) < 4.78 is 5.74. The van der Waals surface area contributed by atoms with Gasteiger partial charge in [0, 0.05) is 11.4 Å². The molecule has 1 aromatic carbocycles. The van der Waals surface area contributed by atoms with Crippen LogP contribution in [0.3, 0.4) is 0 Å². The van der Waals surface area contributed by atoms with Crippen molar-refractivity contribution in [1.82, 2.24) is 0 Å². The molecule has 0 fully saturated rings. The Hall–Kier alpha value is -1.06. The van der Waals surface area contributed by atoms with Crippen molar-refractivity contribution < 1.29 is 4.74 Å². The van der Waals surface area contributed by atoms with Gasteiger partial charge in [-0.25, -0.2) is 0 Å². The van der Waals surface area contributed by atoms with Crippen molar-refractivity contribution in [3.05, 3.63) is 34.9 Å². The van der Waals surface area contributed by atoms with Gasteiger partial charge in [0.05, 0.1) is 6.54 Å². The molecule has 86 valence electrons. The van der Waals surface area contributed by atoms with Gasteiger partial charge < -0.3 is 10.5 Å². The van der Waals surface area contributed by atoms with E-state index in [4.69, 9.17) is 22.1 Å². The van der Waals surface area contributed by atoms with Crippen molar-refractivity contribution in [3.8, 4) is 0 Å². The molecule has 0 saturated heterocycles. The van der Waals surface area contributed by atoms with Gasteiger partial charge in [0.1, 0.15) is 6.10 Å². The van der Waals surface area contributed by atoms with Crippen molar-refractivity contribution >= 4 is 17.5 Å². The predicted molar refractivity (Wildman–Crippen MR) is 65.9 cm³/mol. The van der Waals surface area contributed by atoms with Crippen LogP contribution in [0.2, 0.25) is 5.02 Å². The van der Waals surface area contributed by atoms with Crippen molar-refractivity contribution in [2.45, 2.75) is 18.9 Å². The Balaban J connectivity index is 1.95. The van der Waals surface area contributed by atoms with E-state index in [1.807, 2.05) is 24.3 Å². The molecule has 2 N–H and O–H groups in total. The van der Waals surface area contributed by atoms with E-state index in [9.17, 15) is 0 Å². The molecule has 0 aliphatic carbocycles. The maximum atomic E-state index is 5.93. The molecule has 0 aromatic heterocycles. The van der Waals surface area contributed by atoms with Crippen LogP contribution < -0.4 is 5.73 Å². The molecule has 0 radical (unpaired) electrons. The third-order valence-electron chi connectivity index (χ3n) is 2.53. The standard InChI is InChI=1S/C12H15ClN2O/c13-10-4-1-3-9(7-10)11-8-15-12(16-11)5-2-6-14/h1,3-4,7,11H,2,5-6,8,14H2. The Morgan fingerprint density at radius 1 is 1.50 bits per heavy atom. The first-order valence-corrected chi connectivity index (χ1v) is 5.83. The first-order chi connectivity index (χ1) is 7.79. The molecule has 1 atom stereocenters. The minimum Gasteiger partial charge on any atom is -0.471 e.